The Morgan fingerprint density at radius 1 is 0.244 bits per heavy atom. The normalized spacial score (nSPS) is 12.4. The van der Waals surface area contributed by atoms with Crippen molar-refractivity contribution < 1.29 is 8.83 Å². The van der Waals surface area contributed by atoms with Gasteiger partial charge in [-0.2, -0.15) is 0 Å². The Morgan fingerprint density at radius 3 is 1.05 bits per heavy atom. The van der Waals surface area contributed by atoms with Crippen molar-refractivity contribution in [1.29, 1.82) is 0 Å². The average Bonchev–Trinajstić information content (AvgIpc) is 4.55. The summed E-state index contributed by atoms with van der Waals surface area (Å²) in [5, 5.41) is 14.4. The summed E-state index contributed by atoms with van der Waals surface area (Å²) in [5.41, 5.74) is 17.2. The van der Waals surface area contributed by atoms with E-state index in [4.69, 9.17) is 8.83 Å². The first-order valence-electron chi connectivity index (χ1n) is 26.5. The molecular formula is C72H40N2O2S2. The van der Waals surface area contributed by atoms with Gasteiger partial charge < -0.3 is 18.0 Å². The molecule has 0 spiro atoms. The van der Waals surface area contributed by atoms with Crippen LogP contribution in [-0.4, -0.2) is 9.13 Å². The van der Waals surface area contributed by atoms with E-state index in [1.807, 2.05) is 34.8 Å². The van der Waals surface area contributed by atoms with Crippen molar-refractivity contribution in [3.8, 4) is 44.8 Å². The third-order valence-electron chi connectivity index (χ3n) is 16.5. The molecule has 0 bridgehead atoms. The molecule has 0 aliphatic rings. The molecule has 6 heterocycles. The molecule has 0 radical (unpaired) electrons. The van der Waals surface area contributed by atoms with Crippen LogP contribution in [0.5, 0.6) is 0 Å². The van der Waals surface area contributed by atoms with Crippen molar-refractivity contribution in [2.45, 2.75) is 0 Å². The SMILES string of the molecule is c1ccc2c(c1)oc1c(-c3ccc4c(c3)c3cc(-c5ccc6c(c5)c5cc(-c7cccc8c7oc7ccccc78)ccc5n6-c5ccc6sc7ccccc7c6c5)ccc3n4-c3ccc4sc5ccccc5c4c3)cccc12. The number of thiophene rings is 2. The van der Waals surface area contributed by atoms with Gasteiger partial charge in [0.2, 0.25) is 0 Å². The lowest BCUT2D eigenvalue weighted by atomic mass is 9.97. The smallest absolute Gasteiger partial charge is 0.143 e. The Balaban J connectivity index is 0.865. The predicted molar refractivity (Wildman–Crippen MR) is 332 cm³/mol. The van der Waals surface area contributed by atoms with Crippen molar-refractivity contribution in [2.75, 3.05) is 0 Å². The summed E-state index contributed by atoms with van der Waals surface area (Å²) in [6.07, 6.45) is 0. The molecule has 362 valence electrons. The number of nitrogens with zero attached hydrogens (tertiary/aromatic N) is 2. The number of fused-ring (bicyclic) bond motifs is 18. The number of hydrogen-bond acceptors (Lipinski definition) is 4. The summed E-state index contributed by atoms with van der Waals surface area (Å²) in [7, 11) is 0. The Hall–Kier alpha value is -9.72. The first-order valence-corrected chi connectivity index (χ1v) is 28.1. The van der Waals surface area contributed by atoms with Crippen LogP contribution in [0.4, 0.5) is 0 Å². The molecule has 0 aliphatic carbocycles. The van der Waals surface area contributed by atoms with Crippen molar-refractivity contribution in [3.05, 3.63) is 243 Å². The van der Waals surface area contributed by atoms with Crippen molar-refractivity contribution >= 4 is 151 Å². The molecule has 0 amide bonds. The molecule has 6 aromatic heterocycles. The van der Waals surface area contributed by atoms with Gasteiger partial charge in [0.05, 0.1) is 22.1 Å². The quantitative estimate of drug-likeness (QED) is 0.172. The summed E-state index contributed by atoms with van der Waals surface area (Å²) >= 11 is 3.71. The van der Waals surface area contributed by atoms with Gasteiger partial charge in [-0.05, 0) is 131 Å². The molecule has 0 saturated carbocycles. The summed E-state index contributed by atoms with van der Waals surface area (Å²) < 4.78 is 23.4. The zero-order valence-corrected chi connectivity index (χ0v) is 43.3. The molecule has 4 nitrogen and oxygen atoms in total. The minimum atomic E-state index is 0.899. The molecule has 0 unspecified atom stereocenters. The van der Waals surface area contributed by atoms with E-state index >= 15 is 0 Å². The second kappa shape index (κ2) is 15.9. The molecule has 0 fully saturated rings. The lowest BCUT2D eigenvalue weighted by Gasteiger charge is -2.10. The third-order valence-corrected chi connectivity index (χ3v) is 18.8. The summed E-state index contributed by atoms with van der Waals surface area (Å²) in [6.45, 7) is 0. The largest absolute Gasteiger partial charge is 0.455 e. The number of rotatable bonds is 5. The zero-order chi connectivity index (χ0) is 50.7. The van der Waals surface area contributed by atoms with Crippen molar-refractivity contribution in [2.24, 2.45) is 0 Å². The highest BCUT2D eigenvalue weighted by Crippen LogP contribution is 2.45. The average molecular weight is 1030 g/mol. The van der Waals surface area contributed by atoms with Crippen LogP contribution in [0.25, 0.3) is 173 Å². The lowest BCUT2D eigenvalue weighted by Crippen LogP contribution is -1.94. The van der Waals surface area contributed by atoms with E-state index in [0.29, 0.717) is 0 Å². The molecule has 78 heavy (non-hydrogen) atoms. The third kappa shape index (κ3) is 6.04. The van der Waals surface area contributed by atoms with Crippen molar-refractivity contribution in [3.63, 3.8) is 0 Å². The summed E-state index contributed by atoms with van der Waals surface area (Å²) in [6, 6.07) is 89.3. The minimum absolute atomic E-state index is 0.899. The number of para-hydroxylation sites is 4. The van der Waals surface area contributed by atoms with Gasteiger partial charge in [0.1, 0.15) is 22.3 Å². The molecule has 12 aromatic carbocycles. The maximum absolute atomic E-state index is 6.64. The van der Waals surface area contributed by atoms with Gasteiger partial charge in [-0.25, -0.2) is 0 Å². The van der Waals surface area contributed by atoms with E-state index in [2.05, 4.69) is 240 Å². The minimum Gasteiger partial charge on any atom is -0.455 e. The highest BCUT2D eigenvalue weighted by Gasteiger charge is 2.21. The van der Waals surface area contributed by atoms with Crippen LogP contribution in [0.1, 0.15) is 0 Å². The zero-order valence-electron chi connectivity index (χ0n) is 41.6. The Bertz CT molecular complexity index is 5250. The first kappa shape index (κ1) is 42.5. The van der Waals surface area contributed by atoms with E-state index in [1.165, 1.54) is 61.9 Å². The van der Waals surface area contributed by atoms with Crippen LogP contribution in [0, 0.1) is 0 Å². The van der Waals surface area contributed by atoms with Gasteiger partial charge in [0, 0.05) is 106 Å². The molecule has 0 saturated heterocycles. The second-order valence-corrected chi connectivity index (χ2v) is 22.9. The predicted octanol–water partition coefficient (Wildman–Crippen LogP) is 21.4. The van der Waals surface area contributed by atoms with Crippen LogP contribution < -0.4 is 0 Å². The summed E-state index contributed by atoms with van der Waals surface area (Å²) in [5.74, 6) is 0. The number of benzene rings is 12. The number of hydrogen-bond donors (Lipinski definition) is 0. The van der Waals surface area contributed by atoms with Gasteiger partial charge >= 0.3 is 0 Å². The van der Waals surface area contributed by atoms with Crippen LogP contribution in [-0.2, 0) is 0 Å². The maximum Gasteiger partial charge on any atom is 0.143 e. The Labute approximate surface area is 453 Å². The second-order valence-electron chi connectivity index (χ2n) is 20.7. The van der Waals surface area contributed by atoms with Crippen LogP contribution in [0.3, 0.4) is 0 Å². The Kier molecular flexibility index (Phi) is 8.67. The Morgan fingerprint density at radius 2 is 0.603 bits per heavy atom. The fourth-order valence-electron chi connectivity index (χ4n) is 13.0. The fraction of sp³-hybridized carbons (Fsp3) is 0. The van der Waals surface area contributed by atoms with Gasteiger partial charge in [-0.15, -0.1) is 22.7 Å². The van der Waals surface area contributed by atoms with Gasteiger partial charge in [0.25, 0.3) is 0 Å². The maximum atomic E-state index is 6.64. The molecule has 18 rings (SSSR count). The van der Waals surface area contributed by atoms with E-state index < -0.39 is 0 Å². The highest BCUT2D eigenvalue weighted by atomic mass is 32.1. The van der Waals surface area contributed by atoms with E-state index in [-0.39, 0.29) is 0 Å². The van der Waals surface area contributed by atoms with Gasteiger partial charge in [-0.3, -0.25) is 0 Å². The number of aromatic nitrogens is 2. The molecule has 0 aliphatic heterocycles. The molecule has 0 atom stereocenters. The molecule has 18 aromatic rings. The summed E-state index contributed by atoms with van der Waals surface area (Å²) in [4.78, 5) is 0. The molecule has 0 N–H and O–H groups in total. The molecule has 6 heteroatoms. The van der Waals surface area contributed by atoms with E-state index in [9.17, 15) is 0 Å². The van der Waals surface area contributed by atoms with Crippen LogP contribution in [0.2, 0.25) is 0 Å². The van der Waals surface area contributed by atoms with E-state index in [0.717, 1.165) is 111 Å². The molecular weight excluding hydrogens is 989 g/mol. The van der Waals surface area contributed by atoms with E-state index in [1.54, 1.807) is 0 Å². The van der Waals surface area contributed by atoms with Gasteiger partial charge in [0.15, 0.2) is 0 Å². The standard InChI is InChI=1S/C72H40N2O2S2/c1-5-19-65-49(11-1)53-17-9-15-47(71(53)75-65)43-25-31-63-57(37-43)55-35-41(23-29-61(55)73(63)45-27-33-69-59(39-45)51-13-3-7-21-67(51)77-69)42-24-30-62-56(36-42)58-38-44(48-16-10-18-54-50-12-2-6-20-66(50)76-72(48)54)26-32-64(58)74(62)46-28-34-70-60(40-46)52-14-4-8-22-68(52)78-70/h1-40H. The first-order chi connectivity index (χ1) is 38.6. The fourth-order valence-corrected chi connectivity index (χ4v) is 15.1. The van der Waals surface area contributed by atoms with Crippen LogP contribution in [0.15, 0.2) is 251 Å². The highest BCUT2D eigenvalue weighted by molar-refractivity contribution is 7.26. The monoisotopic (exact) mass is 1030 g/mol. The lowest BCUT2D eigenvalue weighted by molar-refractivity contribution is 0.669. The van der Waals surface area contributed by atoms with Gasteiger partial charge in [-0.1, -0.05) is 133 Å². The van der Waals surface area contributed by atoms with Crippen LogP contribution >= 0.6 is 22.7 Å². The number of furan rings is 2. The van der Waals surface area contributed by atoms with Crippen molar-refractivity contribution in [1.82, 2.24) is 9.13 Å². The topological polar surface area (TPSA) is 36.1 Å².